The fourth-order valence-electron chi connectivity index (χ4n) is 4.08. The van der Waals surface area contributed by atoms with Gasteiger partial charge in [0.25, 0.3) is 0 Å². The van der Waals surface area contributed by atoms with Crippen LogP contribution in [0.3, 0.4) is 0 Å². The molecule has 2 aliphatic heterocycles. The molecule has 1 aromatic heterocycles. The van der Waals surface area contributed by atoms with Gasteiger partial charge in [0.05, 0.1) is 13.2 Å². The Labute approximate surface area is 212 Å². The van der Waals surface area contributed by atoms with E-state index in [9.17, 15) is 9.90 Å². The predicted octanol–water partition coefficient (Wildman–Crippen LogP) is 6.53. The molecule has 3 aromatic rings. The molecule has 0 amide bonds. The highest BCUT2D eigenvalue weighted by Crippen LogP contribution is 2.34. The molecule has 0 spiro atoms. The Kier molecular flexibility index (Phi) is 9.78. The quantitative estimate of drug-likeness (QED) is 0.407. The van der Waals surface area contributed by atoms with E-state index in [1.807, 2.05) is 58.0 Å². The minimum Gasteiger partial charge on any atom is -0.392 e. The van der Waals surface area contributed by atoms with Gasteiger partial charge in [-0.2, -0.15) is 0 Å². The van der Waals surface area contributed by atoms with Gasteiger partial charge in [-0.05, 0) is 49.6 Å². The number of fused-ring (bicyclic) bond motifs is 1. The van der Waals surface area contributed by atoms with Gasteiger partial charge in [0.1, 0.15) is 6.10 Å². The molecule has 2 saturated heterocycles. The lowest BCUT2D eigenvalue weighted by molar-refractivity contribution is -0.192. The topological polar surface area (TPSA) is 65.0 Å². The first-order chi connectivity index (χ1) is 16.9. The largest absolute Gasteiger partial charge is 0.392 e. The van der Waals surface area contributed by atoms with E-state index in [1.54, 1.807) is 11.3 Å². The first-order valence-corrected chi connectivity index (χ1v) is 13.0. The van der Waals surface area contributed by atoms with Gasteiger partial charge in [-0.3, -0.25) is 4.79 Å². The van der Waals surface area contributed by atoms with Crippen molar-refractivity contribution in [3.63, 3.8) is 0 Å². The molecule has 0 aliphatic carbocycles. The van der Waals surface area contributed by atoms with Gasteiger partial charge in [0.15, 0.2) is 18.4 Å². The maximum atomic E-state index is 11.2. The molecule has 2 unspecified atom stereocenters. The molecule has 2 aromatic carbocycles. The summed E-state index contributed by atoms with van der Waals surface area (Å²) >= 11 is 1.71. The van der Waals surface area contributed by atoms with Gasteiger partial charge in [0.2, 0.25) is 0 Å². The van der Waals surface area contributed by atoms with Crippen molar-refractivity contribution in [2.24, 2.45) is 0 Å². The normalized spacial score (nSPS) is 19.7. The second-order valence-corrected chi connectivity index (χ2v) is 9.94. The second kappa shape index (κ2) is 12.6. The van der Waals surface area contributed by atoms with E-state index in [4.69, 9.17) is 14.2 Å². The average Bonchev–Trinajstić information content (AvgIpc) is 3.57. The first-order valence-electron chi connectivity index (χ1n) is 12.2. The van der Waals surface area contributed by atoms with E-state index < -0.39 is 5.79 Å². The summed E-state index contributed by atoms with van der Waals surface area (Å²) in [5, 5.41) is 9.30. The molecule has 3 heterocycles. The molecular formula is C29H36O5S. The van der Waals surface area contributed by atoms with Gasteiger partial charge in [-0.25, -0.2) is 0 Å². The zero-order valence-corrected chi connectivity index (χ0v) is 22.1. The predicted molar refractivity (Wildman–Crippen MR) is 141 cm³/mol. The number of ether oxygens (including phenoxy) is 3. The summed E-state index contributed by atoms with van der Waals surface area (Å²) in [5.74, 6) is -0.435. The Hall–Kier alpha value is -2.35. The third kappa shape index (κ3) is 7.09. The zero-order valence-electron chi connectivity index (χ0n) is 21.2. The van der Waals surface area contributed by atoms with E-state index in [0.717, 1.165) is 47.3 Å². The molecule has 6 heteroatoms. The number of carbonyl (C=O) groups is 1. The molecule has 2 fully saturated rings. The van der Waals surface area contributed by atoms with Crippen LogP contribution in [0.25, 0.3) is 10.4 Å². The van der Waals surface area contributed by atoms with E-state index in [2.05, 4.69) is 31.2 Å². The lowest BCUT2D eigenvalue weighted by Crippen LogP contribution is -2.22. The summed E-state index contributed by atoms with van der Waals surface area (Å²) in [6, 6.07) is 17.9. The fourth-order valence-corrected chi connectivity index (χ4v) is 5.16. The molecule has 2 aliphatic rings. The Bertz CT molecular complexity index is 1090. The van der Waals surface area contributed by atoms with Crippen LogP contribution in [0.15, 0.2) is 54.6 Å². The zero-order chi connectivity index (χ0) is 25.4. The Morgan fingerprint density at radius 1 is 1.09 bits per heavy atom. The number of rotatable bonds is 5. The van der Waals surface area contributed by atoms with Crippen molar-refractivity contribution in [3.8, 4) is 10.4 Å². The first kappa shape index (κ1) is 27.2. The van der Waals surface area contributed by atoms with Crippen molar-refractivity contribution in [2.45, 2.75) is 72.2 Å². The number of aryl methyl sites for hydroxylation is 1. The third-order valence-corrected chi connectivity index (χ3v) is 6.92. The van der Waals surface area contributed by atoms with Crippen LogP contribution >= 0.6 is 11.3 Å². The van der Waals surface area contributed by atoms with Crippen molar-refractivity contribution < 1.29 is 24.1 Å². The van der Waals surface area contributed by atoms with E-state index >= 15 is 0 Å². The van der Waals surface area contributed by atoms with Gasteiger partial charge >= 0.3 is 0 Å². The molecule has 35 heavy (non-hydrogen) atoms. The number of hydrogen-bond acceptors (Lipinski definition) is 6. The molecule has 2 atom stereocenters. The molecule has 0 saturated carbocycles. The van der Waals surface area contributed by atoms with Crippen LogP contribution in [0.4, 0.5) is 0 Å². The van der Waals surface area contributed by atoms with Crippen molar-refractivity contribution in [1.29, 1.82) is 0 Å². The Balaban J connectivity index is 0.000000236. The average molecular weight is 497 g/mol. The summed E-state index contributed by atoms with van der Waals surface area (Å²) in [4.78, 5) is 13.6. The van der Waals surface area contributed by atoms with Crippen LogP contribution < -0.4 is 0 Å². The summed E-state index contributed by atoms with van der Waals surface area (Å²) < 4.78 is 16.2. The number of carbonyl (C=O) groups excluding carboxylic acids is 1. The highest BCUT2D eigenvalue weighted by Gasteiger charge is 2.44. The minimum absolute atomic E-state index is 0.0652. The molecule has 5 nitrogen and oxygen atoms in total. The molecule has 5 rings (SSSR count). The Morgan fingerprint density at radius 3 is 2.57 bits per heavy atom. The van der Waals surface area contributed by atoms with Crippen LogP contribution in [-0.4, -0.2) is 36.2 Å². The van der Waals surface area contributed by atoms with Crippen molar-refractivity contribution in [3.05, 3.63) is 81.7 Å². The highest BCUT2D eigenvalue weighted by atomic mass is 32.1. The van der Waals surface area contributed by atoms with Crippen LogP contribution in [-0.2, 0) is 27.2 Å². The van der Waals surface area contributed by atoms with E-state index in [-0.39, 0.29) is 19.0 Å². The smallest absolute Gasteiger partial charge is 0.187 e. The van der Waals surface area contributed by atoms with Gasteiger partial charge in [0, 0.05) is 33.7 Å². The number of aldehydes is 1. The van der Waals surface area contributed by atoms with Crippen molar-refractivity contribution in [1.82, 2.24) is 0 Å². The molecule has 0 radical (unpaired) electrons. The van der Waals surface area contributed by atoms with Crippen molar-refractivity contribution >= 4 is 17.6 Å². The summed E-state index contributed by atoms with van der Waals surface area (Å²) in [7, 11) is 0. The van der Waals surface area contributed by atoms with E-state index in [1.165, 1.54) is 16.0 Å². The number of hydrogen-bond donors (Lipinski definition) is 1. The van der Waals surface area contributed by atoms with E-state index in [0.29, 0.717) is 0 Å². The van der Waals surface area contributed by atoms with Gasteiger partial charge in [-0.15, -0.1) is 11.3 Å². The lowest BCUT2D eigenvalue weighted by atomic mass is 10.0. The van der Waals surface area contributed by atoms with Crippen LogP contribution in [0.1, 0.15) is 66.0 Å². The minimum atomic E-state index is -0.435. The summed E-state index contributed by atoms with van der Waals surface area (Å²) in [5.41, 5.74) is 5.10. The van der Waals surface area contributed by atoms with Crippen LogP contribution in [0, 0.1) is 6.92 Å². The Morgan fingerprint density at radius 2 is 1.86 bits per heavy atom. The highest BCUT2D eigenvalue weighted by molar-refractivity contribution is 7.15. The number of benzene rings is 2. The molecule has 0 bridgehead atoms. The maximum absolute atomic E-state index is 11.2. The SMILES string of the molecule is CC.CC1(C)OC2CCOC2O1.Cc1ccc(CO)cc1Cc1ccc(-c2ccccc2C=O)s1. The third-order valence-electron chi connectivity index (χ3n) is 5.80. The van der Waals surface area contributed by atoms with Crippen molar-refractivity contribution in [2.75, 3.05) is 6.61 Å². The van der Waals surface area contributed by atoms with Gasteiger partial charge in [-0.1, -0.05) is 56.3 Å². The van der Waals surface area contributed by atoms with Gasteiger partial charge < -0.3 is 19.3 Å². The maximum Gasteiger partial charge on any atom is 0.187 e. The van der Waals surface area contributed by atoms with Crippen LogP contribution in [0.2, 0.25) is 0 Å². The standard InChI is InChI=1S/C20H18O2S.C7H12O3.C2H6/c1-14-6-7-15(12-21)10-17(14)11-18-8-9-20(23-18)19-5-3-2-4-16(19)13-22;1-7(2)9-5-3-4-8-6(5)10-7;1-2/h2-10,13,21H,11-12H2,1H3;5-6H,3-4H2,1-2H3;1-2H3. The lowest BCUT2D eigenvalue weighted by Gasteiger charge is -2.17. The number of aliphatic hydroxyl groups is 1. The molecule has 1 N–H and O–H groups in total. The fraction of sp³-hybridized carbons (Fsp3) is 0.414. The second-order valence-electron chi connectivity index (χ2n) is 8.77. The monoisotopic (exact) mass is 496 g/mol. The summed E-state index contributed by atoms with van der Waals surface area (Å²) in [6.45, 7) is 10.7. The van der Waals surface area contributed by atoms with Crippen LogP contribution in [0.5, 0.6) is 0 Å². The molecule has 188 valence electrons. The number of aliphatic hydroxyl groups excluding tert-OH is 1. The number of thiophene rings is 1. The summed E-state index contributed by atoms with van der Waals surface area (Å²) in [6.07, 6.45) is 2.79. The molecular weight excluding hydrogens is 460 g/mol.